The molecule has 0 aromatic heterocycles. The molecule has 0 spiro atoms. The van der Waals surface area contributed by atoms with Crippen molar-refractivity contribution in [3.05, 3.63) is 29.3 Å². The van der Waals surface area contributed by atoms with Crippen LogP contribution in [0.1, 0.15) is 23.2 Å². The molecule has 1 aliphatic heterocycles. The number of rotatable bonds is 3. The van der Waals surface area contributed by atoms with Gasteiger partial charge in [0.2, 0.25) is 0 Å². The maximum absolute atomic E-state index is 13.1. The van der Waals surface area contributed by atoms with Crippen LogP contribution in [0.4, 0.5) is 14.5 Å². The molecule has 5 nitrogen and oxygen atoms in total. The maximum atomic E-state index is 13.1. The molecule has 2 rings (SSSR count). The minimum absolute atomic E-state index is 0.00757. The van der Waals surface area contributed by atoms with Crippen molar-refractivity contribution >= 4 is 11.6 Å². The van der Waals surface area contributed by atoms with Crippen LogP contribution in [0.2, 0.25) is 0 Å². The first-order valence-corrected chi connectivity index (χ1v) is 6.24. The van der Waals surface area contributed by atoms with Gasteiger partial charge in [-0.3, -0.25) is 4.79 Å². The van der Waals surface area contributed by atoms with Crippen LogP contribution in [0, 0.1) is 11.6 Å². The van der Waals surface area contributed by atoms with Crippen LogP contribution in [0.3, 0.4) is 0 Å². The van der Waals surface area contributed by atoms with Crippen molar-refractivity contribution in [1.29, 1.82) is 0 Å². The lowest BCUT2D eigenvalue weighted by Gasteiger charge is -2.32. The first-order chi connectivity index (χ1) is 9.41. The first-order valence-electron chi connectivity index (χ1n) is 6.24. The molecule has 1 saturated heterocycles. The normalized spacial score (nSPS) is 17.8. The molecule has 1 aromatic carbocycles. The molecule has 0 radical (unpaired) electrons. The molecule has 0 bridgehead atoms. The molecule has 0 saturated carbocycles. The zero-order valence-electron chi connectivity index (χ0n) is 10.8. The summed E-state index contributed by atoms with van der Waals surface area (Å²) >= 11 is 0. The smallest absolute Gasteiger partial charge is 0.253 e. The van der Waals surface area contributed by atoms with E-state index in [4.69, 9.17) is 10.5 Å². The number of hydrogen-bond donors (Lipinski definition) is 3. The number of benzene rings is 1. The van der Waals surface area contributed by atoms with Crippen molar-refractivity contribution in [2.24, 2.45) is 0 Å². The lowest BCUT2D eigenvalue weighted by molar-refractivity contribution is -0.0605. The largest absolute Gasteiger partial charge is 0.398 e. The summed E-state index contributed by atoms with van der Waals surface area (Å²) in [5.41, 5.74) is 4.14. The predicted octanol–water partition coefficient (Wildman–Crippen LogP) is 0.818. The summed E-state index contributed by atoms with van der Waals surface area (Å²) in [6.45, 7) is 0.840. The second-order valence-electron chi connectivity index (χ2n) is 4.87. The summed E-state index contributed by atoms with van der Waals surface area (Å²) < 4.78 is 31.2. The predicted molar refractivity (Wildman–Crippen MR) is 68.1 cm³/mol. The fourth-order valence-corrected chi connectivity index (χ4v) is 2.03. The van der Waals surface area contributed by atoms with Crippen LogP contribution in [-0.2, 0) is 4.74 Å². The van der Waals surface area contributed by atoms with Gasteiger partial charge in [0.25, 0.3) is 5.91 Å². The van der Waals surface area contributed by atoms with Gasteiger partial charge in [0.15, 0.2) is 11.6 Å². The quantitative estimate of drug-likeness (QED) is 0.718. The molecule has 20 heavy (non-hydrogen) atoms. The van der Waals surface area contributed by atoms with Crippen LogP contribution in [0.15, 0.2) is 12.1 Å². The number of hydrogen-bond acceptors (Lipinski definition) is 4. The van der Waals surface area contributed by atoms with Gasteiger partial charge < -0.3 is 20.9 Å². The molecule has 1 amide bonds. The molecule has 110 valence electrons. The van der Waals surface area contributed by atoms with E-state index in [0.717, 1.165) is 12.1 Å². The van der Waals surface area contributed by atoms with E-state index in [1.807, 2.05) is 0 Å². The molecule has 0 aliphatic carbocycles. The Morgan fingerprint density at radius 1 is 1.35 bits per heavy atom. The number of amides is 1. The molecular weight excluding hydrogens is 270 g/mol. The number of halogens is 2. The average molecular weight is 286 g/mol. The lowest BCUT2D eigenvalue weighted by atomic mass is 9.94. The lowest BCUT2D eigenvalue weighted by Crippen LogP contribution is -2.46. The Bertz CT molecular complexity index is 517. The zero-order valence-corrected chi connectivity index (χ0v) is 10.8. The molecule has 1 aromatic rings. The standard InChI is InChI=1S/C13H16F2N2O3/c14-9-5-8(11(16)6-10(9)15)12(18)17-7-13(19)1-3-20-4-2-13/h5-6,19H,1-4,7,16H2,(H,17,18). The number of nitrogens with two attached hydrogens (primary N) is 1. The monoisotopic (exact) mass is 286 g/mol. The molecule has 1 aliphatic rings. The number of carbonyl (C=O) groups is 1. The summed E-state index contributed by atoms with van der Waals surface area (Å²) in [7, 11) is 0. The van der Waals surface area contributed by atoms with Gasteiger partial charge in [0.05, 0.1) is 11.2 Å². The molecule has 7 heteroatoms. The van der Waals surface area contributed by atoms with E-state index in [2.05, 4.69) is 5.32 Å². The molecule has 1 fully saturated rings. The molecule has 1 heterocycles. The highest BCUT2D eigenvalue weighted by Gasteiger charge is 2.30. The Labute approximate surface area is 114 Å². The van der Waals surface area contributed by atoms with Crippen LogP contribution in [-0.4, -0.2) is 36.4 Å². The van der Waals surface area contributed by atoms with Gasteiger partial charge in [-0.1, -0.05) is 0 Å². The fourth-order valence-electron chi connectivity index (χ4n) is 2.03. The number of nitrogens with one attached hydrogen (secondary N) is 1. The highest BCUT2D eigenvalue weighted by atomic mass is 19.2. The van der Waals surface area contributed by atoms with Gasteiger partial charge in [-0.15, -0.1) is 0 Å². The van der Waals surface area contributed by atoms with E-state index in [9.17, 15) is 18.7 Å². The minimum Gasteiger partial charge on any atom is -0.398 e. The number of anilines is 1. The summed E-state index contributed by atoms with van der Waals surface area (Å²) in [5, 5.41) is 12.7. The molecular formula is C13H16F2N2O3. The minimum atomic E-state index is -1.14. The molecule has 4 N–H and O–H groups in total. The summed E-state index contributed by atoms with van der Waals surface area (Å²) in [6.07, 6.45) is 0.807. The van der Waals surface area contributed by atoms with Crippen LogP contribution in [0.5, 0.6) is 0 Å². The van der Waals surface area contributed by atoms with Crippen LogP contribution < -0.4 is 11.1 Å². The van der Waals surface area contributed by atoms with Gasteiger partial charge in [0.1, 0.15) is 0 Å². The Hall–Kier alpha value is -1.73. The van der Waals surface area contributed by atoms with E-state index >= 15 is 0 Å². The van der Waals surface area contributed by atoms with Gasteiger partial charge in [-0.25, -0.2) is 8.78 Å². The summed E-state index contributed by atoms with van der Waals surface area (Å²) in [4.78, 5) is 11.9. The van der Waals surface area contributed by atoms with Gasteiger partial charge in [0, 0.05) is 44.4 Å². The third kappa shape index (κ3) is 3.23. The van der Waals surface area contributed by atoms with Crippen molar-refractivity contribution in [3.63, 3.8) is 0 Å². The summed E-state index contributed by atoms with van der Waals surface area (Å²) in [5.74, 6) is -2.91. The van der Waals surface area contributed by atoms with Gasteiger partial charge in [-0.2, -0.15) is 0 Å². The second kappa shape index (κ2) is 5.72. The second-order valence-corrected chi connectivity index (χ2v) is 4.87. The van der Waals surface area contributed by atoms with Crippen molar-refractivity contribution < 1.29 is 23.4 Å². The third-order valence-electron chi connectivity index (χ3n) is 3.34. The Morgan fingerprint density at radius 2 is 1.95 bits per heavy atom. The number of nitrogen functional groups attached to an aromatic ring is 1. The number of carbonyl (C=O) groups excluding carboxylic acids is 1. The average Bonchev–Trinajstić information content (AvgIpc) is 2.41. The van der Waals surface area contributed by atoms with E-state index in [1.54, 1.807) is 0 Å². The van der Waals surface area contributed by atoms with Crippen molar-refractivity contribution in [3.8, 4) is 0 Å². The Morgan fingerprint density at radius 3 is 2.60 bits per heavy atom. The molecule has 0 unspecified atom stereocenters. The Balaban J connectivity index is 2.03. The van der Waals surface area contributed by atoms with E-state index in [0.29, 0.717) is 26.1 Å². The van der Waals surface area contributed by atoms with Gasteiger partial charge in [-0.05, 0) is 6.07 Å². The van der Waals surface area contributed by atoms with Crippen molar-refractivity contribution in [1.82, 2.24) is 5.32 Å². The third-order valence-corrected chi connectivity index (χ3v) is 3.34. The van der Waals surface area contributed by atoms with E-state index < -0.39 is 23.1 Å². The SMILES string of the molecule is Nc1cc(F)c(F)cc1C(=O)NCC1(O)CCOCC1. The number of aliphatic hydroxyl groups is 1. The maximum Gasteiger partial charge on any atom is 0.253 e. The van der Waals surface area contributed by atoms with E-state index in [-0.39, 0.29) is 17.8 Å². The molecule has 0 atom stereocenters. The zero-order chi connectivity index (χ0) is 14.8. The van der Waals surface area contributed by atoms with Gasteiger partial charge >= 0.3 is 0 Å². The topological polar surface area (TPSA) is 84.6 Å². The summed E-state index contributed by atoms with van der Waals surface area (Å²) in [6, 6.07) is 1.50. The van der Waals surface area contributed by atoms with Crippen LogP contribution >= 0.6 is 0 Å². The fraction of sp³-hybridized carbons (Fsp3) is 0.462. The van der Waals surface area contributed by atoms with Crippen molar-refractivity contribution in [2.45, 2.75) is 18.4 Å². The first kappa shape index (κ1) is 14.7. The van der Waals surface area contributed by atoms with Crippen molar-refractivity contribution in [2.75, 3.05) is 25.5 Å². The van der Waals surface area contributed by atoms with E-state index in [1.165, 1.54) is 0 Å². The Kier molecular flexibility index (Phi) is 4.20. The van der Waals surface area contributed by atoms with Crippen LogP contribution in [0.25, 0.3) is 0 Å². The highest BCUT2D eigenvalue weighted by molar-refractivity contribution is 5.99. The highest BCUT2D eigenvalue weighted by Crippen LogP contribution is 2.20. The number of ether oxygens (including phenoxy) is 1.